The lowest BCUT2D eigenvalue weighted by molar-refractivity contribution is 0.0462. The third kappa shape index (κ3) is 2.76. The number of ether oxygens (including phenoxy) is 1. The summed E-state index contributed by atoms with van der Waals surface area (Å²) in [6.07, 6.45) is 1.51. The maximum Gasteiger partial charge on any atom is 0.355 e. The third-order valence-corrected chi connectivity index (χ3v) is 4.24. The van der Waals surface area contributed by atoms with E-state index in [1.54, 1.807) is 17.4 Å². The summed E-state index contributed by atoms with van der Waals surface area (Å²) in [5.74, 6) is 0.124. The van der Waals surface area contributed by atoms with E-state index in [0.29, 0.717) is 17.3 Å². The smallest absolute Gasteiger partial charge is 0.355 e. The lowest BCUT2D eigenvalue weighted by Gasteiger charge is -1.99. The first-order valence-corrected chi connectivity index (χ1v) is 7.91. The van der Waals surface area contributed by atoms with Crippen LogP contribution in [0, 0.1) is 0 Å². The van der Waals surface area contributed by atoms with Crippen LogP contribution in [-0.2, 0) is 11.3 Å². The minimum Gasteiger partial charge on any atom is -0.454 e. The molecule has 0 amide bonds. The Kier molecular flexibility index (Phi) is 3.44. The molecule has 0 atom stereocenters. The first-order valence-electron chi connectivity index (χ1n) is 7.03. The van der Waals surface area contributed by atoms with E-state index in [9.17, 15) is 4.79 Å². The van der Waals surface area contributed by atoms with Gasteiger partial charge in [-0.15, -0.1) is 11.3 Å². The molecule has 1 N–H and O–H groups in total. The van der Waals surface area contributed by atoms with Crippen molar-refractivity contribution in [2.24, 2.45) is 0 Å². The standard InChI is InChI=1S/C17H12N2O3S/c20-17(14-8-11-4-1-2-5-13(11)19-14)22-10-12-9-21-16(18-12)15-6-3-7-23-15/h1-9,19H,10H2. The molecular formula is C17H12N2O3S. The van der Waals surface area contributed by atoms with Crippen molar-refractivity contribution in [3.8, 4) is 10.8 Å². The molecule has 0 aliphatic rings. The van der Waals surface area contributed by atoms with Gasteiger partial charge in [0.25, 0.3) is 0 Å². The van der Waals surface area contributed by atoms with Gasteiger partial charge in [-0.05, 0) is 23.6 Å². The summed E-state index contributed by atoms with van der Waals surface area (Å²) in [7, 11) is 0. The number of esters is 1. The Morgan fingerprint density at radius 3 is 3.00 bits per heavy atom. The van der Waals surface area contributed by atoms with Crippen molar-refractivity contribution >= 4 is 28.2 Å². The molecule has 4 rings (SSSR count). The van der Waals surface area contributed by atoms with E-state index >= 15 is 0 Å². The van der Waals surface area contributed by atoms with Gasteiger partial charge in [0.05, 0.1) is 4.88 Å². The molecule has 0 aliphatic carbocycles. The highest BCUT2D eigenvalue weighted by Gasteiger charge is 2.13. The number of nitrogens with one attached hydrogen (secondary N) is 1. The molecule has 0 bridgehead atoms. The molecule has 0 spiro atoms. The average Bonchev–Trinajstić information content (AvgIpc) is 3.31. The van der Waals surface area contributed by atoms with Gasteiger partial charge in [0.2, 0.25) is 5.89 Å². The van der Waals surface area contributed by atoms with E-state index in [1.807, 2.05) is 41.8 Å². The van der Waals surface area contributed by atoms with E-state index in [0.717, 1.165) is 15.8 Å². The van der Waals surface area contributed by atoms with Crippen LogP contribution in [0.1, 0.15) is 16.2 Å². The first kappa shape index (κ1) is 13.8. The number of oxazole rings is 1. The largest absolute Gasteiger partial charge is 0.454 e. The zero-order chi connectivity index (χ0) is 15.6. The number of aromatic nitrogens is 2. The van der Waals surface area contributed by atoms with Crippen molar-refractivity contribution in [1.82, 2.24) is 9.97 Å². The highest BCUT2D eigenvalue weighted by molar-refractivity contribution is 7.13. The fraction of sp³-hybridized carbons (Fsp3) is 0.0588. The van der Waals surface area contributed by atoms with Gasteiger partial charge in [0.15, 0.2) is 0 Å². The minimum atomic E-state index is -0.415. The molecular weight excluding hydrogens is 312 g/mol. The maximum absolute atomic E-state index is 12.1. The molecule has 4 aromatic rings. The summed E-state index contributed by atoms with van der Waals surface area (Å²) in [6, 6.07) is 13.3. The Bertz CT molecular complexity index is 920. The number of H-pyrrole nitrogens is 1. The Morgan fingerprint density at radius 1 is 1.26 bits per heavy atom. The van der Waals surface area contributed by atoms with Gasteiger partial charge >= 0.3 is 5.97 Å². The molecule has 0 saturated carbocycles. The molecule has 0 saturated heterocycles. The zero-order valence-electron chi connectivity index (χ0n) is 12.0. The molecule has 23 heavy (non-hydrogen) atoms. The van der Waals surface area contributed by atoms with Crippen molar-refractivity contribution in [3.63, 3.8) is 0 Å². The van der Waals surface area contributed by atoms with Crippen molar-refractivity contribution in [2.75, 3.05) is 0 Å². The molecule has 0 unspecified atom stereocenters. The number of hydrogen-bond donors (Lipinski definition) is 1. The van der Waals surface area contributed by atoms with Crippen LogP contribution in [0.25, 0.3) is 21.7 Å². The molecule has 3 heterocycles. The normalized spacial score (nSPS) is 11.0. The summed E-state index contributed by atoms with van der Waals surface area (Å²) in [4.78, 5) is 20.4. The number of hydrogen-bond acceptors (Lipinski definition) is 5. The van der Waals surface area contributed by atoms with Crippen molar-refractivity contribution < 1.29 is 13.9 Å². The van der Waals surface area contributed by atoms with E-state index in [2.05, 4.69) is 9.97 Å². The number of rotatable bonds is 4. The van der Waals surface area contributed by atoms with Crippen LogP contribution >= 0.6 is 11.3 Å². The Labute approximate surface area is 135 Å². The van der Waals surface area contributed by atoms with Crippen LogP contribution in [0.3, 0.4) is 0 Å². The molecule has 0 aliphatic heterocycles. The Morgan fingerprint density at radius 2 is 2.17 bits per heavy atom. The number of nitrogens with zero attached hydrogens (tertiary/aromatic N) is 1. The number of aromatic amines is 1. The second-order valence-corrected chi connectivity index (χ2v) is 5.92. The van der Waals surface area contributed by atoms with Crippen molar-refractivity contribution in [1.29, 1.82) is 0 Å². The first-order chi connectivity index (χ1) is 11.3. The third-order valence-electron chi connectivity index (χ3n) is 3.38. The van der Waals surface area contributed by atoms with Gasteiger partial charge in [-0.2, -0.15) is 0 Å². The van der Waals surface area contributed by atoms with Gasteiger partial charge in [0, 0.05) is 10.9 Å². The van der Waals surface area contributed by atoms with Gasteiger partial charge in [-0.1, -0.05) is 24.3 Å². The predicted octanol–water partition coefficient (Wildman–Crippen LogP) is 4.24. The zero-order valence-corrected chi connectivity index (χ0v) is 12.8. The molecule has 0 fully saturated rings. The van der Waals surface area contributed by atoms with Crippen LogP contribution in [0.2, 0.25) is 0 Å². The number of fused-ring (bicyclic) bond motifs is 1. The van der Waals surface area contributed by atoms with Crippen molar-refractivity contribution in [3.05, 3.63) is 65.5 Å². The van der Waals surface area contributed by atoms with Gasteiger partial charge in [0.1, 0.15) is 24.3 Å². The van der Waals surface area contributed by atoms with Crippen molar-refractivity contribution in [2.45, 2.75) is 6.61 Å². The fourth-order valence-electron chi connectivity index (χ4n) is 2.29. The number of benzene rings is 1. The van der Waals surface area contributed by atoms with E-state index in [1.165, 1.54) is 6.26 Å². The second-order valence-electron chi connectivity index (χ2n) is 4.97. The molecule has 5 nitrogen and oxygen atoms in total. The van der Waals surface area contributed by atoms with Gasteiger partial charge in [-0.3, -0.25) is 0 Å². The average molecular weight is 324 g/mol. The molecule has 114 valence electrons. The van der Waals surface area contributed by atoms with Crippen LogP contribution < -0.4 is 0 Å². The summed E-state index contributed by atoms with van der Waals surface area (Å²) >= 11 is 1.54. The van der Waals surface area contributed by atoms with E-state index in [-0.39, 0.29) is 6.61 Å². The molecule has 1 aromatic carbocycles. The topological polar surface area (TPSA) is 68.1 Å². The Hall–Kier alpha value is -2.86. The summed E-state index contributed by atoms with van der Waals surface area (Å²) in [6.45, 7) is 0.0725. The van der Waals surface area contributed by atoms with E-state index < -0.39 is 5.97 Å². The van der Waals surface area contributed by atoms with Crippen LogP contribution in [-0.4, -0.2) is 15.9 Å². The highest BCUT2D eigenvalue weighted by atomic mass is 32.1. The van der Waals surface area contributed by atoms with Gasteiger partial charge in [-0.25, -0.2) is 9.78 Å². The SMILES string of the molecule is O=C(OCc1coc(-c2cccs2)n1)c1cc2ccccc2[nH]1. The van der Waals surface area contributed by atoms with Crippen LogP contribution in [0.4, 0.5) is 0 Å². The van der Waals surface area contributed by atoms with Crippen LogP contribution in [0.5, 0.6) is 0 Å². The van der Waals surface area contributed by atoms with Crippen LogP contribution in [0.15, 0.2) is 58.5 Å². The minimum absolute atomic E-state index is 0.0725. The molecule has 6 heteroatoms. The van der Waals surface area contributed by atoms with Gasteiger partial charge < -0.3 is 14.1 Å². The second kappa shape index (κ2) is 5.73. The number of carbonyl (C=O) groups is 1. The maximum atomic E-state index is 12.1. The molecule has 0 radical (unpaired) electrons. The molecule has 3 aromatic heterocycles. The highest BCUT2D eigenvalue weighted by Crippen LogP contribution is 2.24. The summed E-state index contributed by atoms with van der Waals surface area (Å²) in [5.41, 5.74) is 1.91. The number of thiophene rings is 1. The quantitative estimate of drug-likeness (QED) is 0.570. The fourth-order valence-corrected chi connectivity index (χ4v) is 2.94. The predicted molar refractivity (Wildman–Crippen MR) is 87.2 cm³/mol. The van der Waals surface area contributed by atoms with E-state index in [4.69, 9.17) is 9.15 Å². The lowest BCUT2D eigenvalue weighted by atomic mass is 10.2. The summed E-state index contributed by atoms with van der Waals surface area (Å²) in [5, 5.41) is 2.93. The number of para-hydroxylation sites is 1. The summed E-state index contributed by atoms with van der Waals surface area (Å²) < 4.78 is 10.7. The Balaban J connectivity index is 1.45. The lowest BCUT2D eigenvalue weighted by Crippen LogP contribution is -2.05. The monoisotopic (exact) mass is 324 g/mol. The number of carbonyl (C=O) groups excluding carboxylic acids is 1.